The average molecular weight is 194 g/mol. The van der Waals surface area contributed by atoms with Gasteiger partial charge >= 0.3 is 5.97 Å². The predicted octanol–water partition coefficient (Wildman–Crippen LogP) is 0.999. The summed E-state index contributed by atoms with van der Waals surface area (Å²) in [6.07, 6.45) is 1.70. The molecule has 4 heteroatoms. The lowest BCUT2D eigenvalue weighted by Crippen LogP contribution is -2.27. The summed E-state index contributed by atoms with van der Waals surface area (Å²) in [4.78, 5) is 17.0. The minimum Gasteiger partial charge on any atom is -0.468 e. The number of anilines is 1. The molecular weight excluding hydrogens is 180 g/mol. The monoisotopic (exact) mass is 194 g/mol. The molecule has 14 heavy (non-hydrogen) atoms. The first-order valence-electron chi connectivity index (χ1n) is 4.34. The van der Waals surface area contributed by atoms with Crippen molar-refractivity contribution in [3.63, 3.8) is 0 Å². The first-order chi connectivity index (χ1) is 6.65. The maximum absolute atomic E-state index is 11.0. The molecule has 0 saturated carbocycles. The molecular formula is C10H14N2O2. The van der Waals surface area contributed by atoms with Gasteiger partial charge in [0.05, 0.1) is 7.11 Å². The highest BCUT2D eigenvalue weighted by Crippen LogP contribution is 2.13. The highest BCUT2D eigenvalue weighted by molar-refractivity contribution is 5.75. The minimum absolute atomic E-state index is 0.217. The van der Waals surface area contributed by atoms with Crippen molar-refractivity contribution in [1.29, 1.82) is 0 Å². The zero-order valence-electron chi connectivity index (χ0n) is 8.65. The van der Waals surface area contributed by atoms with E-state index in [0.29, 0.717) is 0 Å². The van der Waals surface area contributed by atoms with Crippen LogP contribution in [0.5, 0.6) is 0 Å². The van der Waals surface area contributed by atoms with Gasteiger partial charge < -0.3 is 9.64 Å². The lowest BCUT2D eigenvalue weighted by Gasteiger charge is -2.18. The molecule has 76 valence electrons. The van der Waals surface area contributed by atoms with Gasteiger partial charge in [-0.2, -0.15) is 0 Å². The molecule has 0 aliphatic rings. The Bertz CT molecular complexity index is 326. The number of hydrogen-bond donors (Lipinski definition) is 0. The summed E-state index contributed by atoms with van der Waals surface area (Å²) in [7, 11) is 3.19. The second-order valence-corrected chi connectivity index (χ2v) is 3.08. The summed E-state index contributed by atoms with van der Waals surface area (Å²) in [5, 5.41) is 0. The minimum atomic E-state index is -0.266. The number of hydrogen-bond acceptors (Lipinski definition) is 4. The molecule has 0 aliphatic heterocycles. The lowest BCUT2D eigenvalue weighted by atomic mass is 10.3. The topological polar surface area (TPSA) is 42.4 Å². The van der Waals surface area contributed by atoms with Crippen molar-refractivity contribution in [2.24, 2.45) is 0 Å². The predicted molar refractivity (Wildman–Crippen MR) is 54.3 cm³/mol. The lowest BCUT2D eigenvalue weighted by molar-refractivity contribution is -0.138. The Kier molecular flexibility index (Phi) is 3.45. The fraction of sp³-hybridized carbons (Fsp3) is 0.400. The SMILES string of the molecule is COC(=O)CN(C)c1ncccc1C. The first kappa shape index (κ1) is 10.5. The van der Waals surface area contributed by atoms with E-state index in [2.05, 4.69) is 9.72 Å². The molecule has 0 unspecified atom stereocenters. The number of rotatable bonds is 3. The molecule has 0 radical (unpaired) electrons. The third-order valence-electron chi connectivity index (χ3n) is 1.94. The highest BCUT2D eigenvalue weighted by Gasteiger charge is 2.09. The van der Waals surface area contributed by atoms with Gasteiger partial charge in [-0.15, -0.1) is 0 Å². The van der Waals surface area contributed by atoms with Gasteiger partial charge in [0, 0.05) is 13.2 Å². The standard InChI is InChI=1S/C10H14N2O2/c1-8-5-4-6-11-10(8)12(2)7-9(13)14-3/h4-6H,7H2,1-3H3. The van der Waals surface area contributed by atoms with Gasteiger partial charge in [-0.3, -0.25) is 4.79 Å². The van der Waals surface area contributed by atoms with Gasteiger partial charge in [-0.25, -0.2) is 4.98 Å². The van der Waals surface area contributed by atoms with Crippen molar-refractivity contribution in [2.45, 2.75) is 6.92 Å². The number of aryl methyl sites for hydroxylation is 1. The summed E-state index contributed by atoms with van der Waals surface area (Å²) in [5.41, 5.74) is 1.04. The van der Waals surface area contributed by atoms with Crippen LogP contribution in [-0.2, 0) is 9.53 Å². The van der Waals surface area contributed by atoms with Gasteiger partial charge in [-0.05, 0) is 18.6 Å². The second kappa shape index (κ2) is 4.60. The number of aromatic nitrogens is 1. The number of esters is 1. The van der Waals surface area contributed by atoms with Crippen LogP contribution in [0.15, 0.2) is 18.3 Å². The number of likely N-dealkylation sites (N-methyl/N-ethyl adjacent to an activating group) is 1. The van der Waals surface area contributed by atoms with Crippen molar-refractivity contribution in [3.05, 3.63) is 23.9 Å². The molecule has 0 saturated heterocycles. The summed E-state index contributed by atoms with van der Waals surface area (Å²) in [5.74, 6) is 0.537. The molecule has 0 spiro atoms. The number of carbonyl (C=O) groups is 1. The van der Waals surface area contributed by atoms with Crippen molar-refractivity contribution < 1.29 is 9.53 Å². The molecule has 0 fully saturated rings. The Balaban J connectivity index is 2.74. The van der Waals surface area contributed by atoms with Crippen LogP contribution in [0.25, 0.3) is 0 Å². The second-order valence-electron chi connectivity index (χ2n) is 3.08. The third-order valence-corrected chi connectivity index (χ3v) is 1.94. The maximum Gasteiger partial charge on any atom is 0.325 e. The van der Waals surface area contributed by atoms with Crippen LogP contribution in [0.3, 0.4) is 0 Å². The Morgan fingerprint density at radius 1 is 1.64 bits per heavy atom. The molecule has 0 bridgehead atoms. The third kappa shape index (κ3) is 2.45. The molecule has 4 nitrogen and oxygen atoms in total. The van der Waals surface area contributed by atoms with Crippen molar-refractivity contribution >= 4 is 11.8 Å². The molecule has 1 rings (SSSR count). The zero-order chi connectivity index (χ0) is 10.6. The number of methoxy groups -OCH3 is 1. The smallest absolute Gasteiger partial charge is 0.325 e. The summed E-state index contributed by atoms with van der Waals surface area (Å²) >= 11 is 0. The van der Waals surface area contributed by atoms with Crippen molar-refractivity contribution in [2.75, 3.05) is 25.6 Å². The van der Waals surface area contributed by atoms with Gasteiger partial charge in [0.1, 0.15) is 12.4 Å². The van der Waals surface area contributed by atoms with Crippen LogP contribution in [0.2, 0.25) is 0 Å². The molecule has 1 aromatic heterocycles. The number of carbonyl (C=O) groups excluding carboxylic acids is 1. The van der Waals surface area contributed by atoms with E-state index in [0.717, 1.165) is 11.4 Å². The van der Waals surface area contributed by atoms with E-state index in [-0.39, 0.29) is 12.5 Å². The number of pyridine rings is 1. The zero-order valence-corrected chi connectivity index (χ0v) is 8.65. The first-order valence-corrected chi connectivity index (χ1v) is 4.34. The largest absolute Gasteiger partial charge is 0.468 e. The molecule has 1 aromatic rings. The van der Waals surface area contributed by atoms with Crippen LogP contribution in [-0.4, -0.2) is 31.7 Å². The number of nitrogens with zero attached hydrogens (tertiary/aromatic N) is 2. The van der Waals surface area contributed by atoms with E-state index in [9.17, 15) is 4.79 Å². The number of ether oxygens (including phenoxy) is 1. The van der Waals surface area contributed by atoms with Gasteiger partial charge in [0.2, 0.25) is 0 Å². The molecule has 0 amide bonds. The normalized spacial score (nSPS) is 9.64. The molecule has 0 aliphatic carbocycles. The van der Waals surface area contributed by atoms with E-state index in [1.54, 1.807) is 11.1 Å². The quantitative estimate of drug-likeness (QED) is 0.673. The Morgan fingerprint density at radius 2 is 2.36 bits per heavy atom. The van der Waals surface area contributed by atoms with E-state index < -0.39 is 0 Å². The average Bonchev–Trinajstić information content (AvgIpc) is 2.18. The Hall–Kier alpha value is -1.58. The fourth-order valence-electron chi connectivity index (χ4n) is 1.21. The molecule has 0 N–H and O–H groups in total. The van der Waals surface area contributed by atoms with Crippen LogP contribution < -0.4 is 4.90 Å². The van der Waals surface area contributed by atoms with E-state index in [1.807, 2.05) is 26.1 Å². The summed E-state index contributed by atoms with van der Waals surface area (Å²) in [6.45, 7) is 2.17. The van der Waals surface area contributed by atoms with Gasteiger partial charge in [0.25, 0.3) is 0 Å². The van der Waals surface area contributed by atoms with Crippen LogP contribution in [0.4, 0.5) is 5.82 Å². The van der Waals surface area contributed by atoms with Crippen molar-refractivity contribution in [3.8, 4) is 0 Å². The van der Waals surface area contributed by atoms with Crippen LogP contribution >= 0.6 is 0 Å². The van der Waals surface area contributed by atoms with E-state index in [1.165, 1.54) is 7.11 Å². The molecule has 0 atom stereocenters. The summed E-state index contributed by atoms with van der Waals surface area (Å²) in [6, 6.07) is 3.82. The van der Waals surface area contributed by atoms with Gasteiger partial charge in [0.15, 0.2) is 0 Å². The van der Waals surface area contributed by atoms with E-state index in [4.69, 9.17) is 0 Å². The van der Waals surface area contributed by atoms with Crippen molar-refractivity contribution in [1.82, 2.24) is 4.98 Å². The Morgan fingerprint density at radius 3 is 2.93 bits per heavy atom. The van der Waals surface area contributed by atoms with Crippen LogP contribution in [0, 0.1) is 6.92 Å². The Labute approximate surface area is 83.5 Å². The van der Waals surface area contributed by atoms with Crippen LogP contribution in [0.1, 0.15) is 5.56 Å². The maximum atomic E-state index is 11.0. The molecule has 0 aromatic carbocycles. The highest BCUT2D eigenvalue weighted by atomic mass is 16.5. The fourth-order valence-corrected chi connectivity index (χ4v) is 1.21. The summed E-state index contributed by atoms with van der Waals surface area (Å²) < 4.78 is 4.57. The van der Waals surface area contributed by atoms with Gasteiger partial charge in [-0.1, -0.05) is 6.07 Å². The molecule has 1 heterocycles. The van der Waals surface area contributed by atoms with E-state index >= 15 is 0 Å².